The summed E-state index contributed by atoms with van der Waals surface area (Å²) in [7, 11) is 0. The third-order valence-corrected chi connectivity index (χ3v) is 3.73. The van der Waals surface area contributed by atoms with E-state index in [4.69, 9.17) is 9.26 Å². The summed E-state index contributed by atoms with van der Waals surface area (Å²) in [6.07, 6.45) is 0.711. The minimum Gasteiger partial charge on any atom is -0.539 e. The van der Waals surface area contributed by atoms with Crippen molar-refractivity contribution in [3.63, 3.8) is 0 Å². The van der Waals surface area contributed by atoms with Gasteiger partial charge in [0.15, 0.2) is 18.1 Å². The van der Waals surface area contributed by atoms with E-state index in [0.717, 1.165) is 12.0 Å². The average Bonchev–Trinajstić information content (AvgIpc) is 2.71. The van der Waals surface area contributed by atoms with Gasteiger partial charge in [0, 0.05) is 6.42 Å². The number of benzene rings is 1. The van der Waals surface area contributed by atoms with Crippen LogP contribution in [0.3, 0.4) is 0 Å². The van der Waals surface area contributed by atoms with Crippen LogP contribution in [0, 0.1) is 6.92 Å². The minimum absolute atomic E-state index is 0.0494. The van der Waals surface area contributed by atoms with Gasteiger partial charge in [0.2, 0.25) is 0 Å². The van der Waals surface area contributed by atoms with Crippen LogP contribution < -0.4 is 9.79 Å². The Morgan fingerprint density at radius 2 is 2.00 bits per heavy atom. The maximum Gasteiger partial charge on any atom is 0.264 e. The largest absolute Gasteiger partial charge is 0.539 e. The second-order valence-corrected chi connectivity index (χ2v) is 5.75. The molecular formula is C15H18N2O3. The van der Waals surface area contributed by atoms with Crippen molar-refractivity contribution in [3.8, 4) is 5.95 Å². The third kappa shape index (κ3) is 2.18. The van der Waals surface area contributed by atoms with E-state index in [1.54, 1.807) is 4.68 Å². The Morgan fingerprint density at radius 3 is 2.70 bits per heavy atom. The molecule has 0 saturated carbocycles. The van der Waals surface area contributed by atoms with E-state index in [1.165, 1.54) is 5.56 Å². The quantitative estimate of drug-likeness (QED) is 0.743. The highest BCUT2D eigenvalue weighted by atomic mass is 16.6. The van der Waals surface area contributed by atoms with Crippen LogP contribution in [0.5, 0.6) is 5.95 Å². The predicted molar refractivity (Wildman–Crippen MR) is 68.8 cm³/mol. The van der Waals surface area contributed by atoms with Gasteiger partial charge in [-0.15, -0.1) is 0 Å². The molecule has 0 fully saturated rings. The highest BCUT2D eigenvalue weighted by molar-refractivity contribution is 5.24. The summed E-state index contributed by atoms with van der Waals surface area (Å²) in [5, 5.41) is 15.6. The van der Waals surface area contributed by atoms with Crippen LogP contribution in [0.25, 0.3) is 0 Å². The summed E-state index contributed by atoms with van der Waals surface area (Å²) < 4.78 is 12.5. The fourth-order valence-corrected chi connectivity index (χ4v) is 2.71. The molecule has 0 aliphatic carbocycles. The maximum atomic E-state index is 11.8. The van der Waals surface area contributed by atoms with Gasteiger partial charge in [-0.25, -0.2) is 0 Å². The Kier molecular flexibility index (Phi) is 3.01. The molecule has 0 N–H and O–H groups in total. The van der Waals surface area contributed by atoms with Crippen molar-refractivity contribution in [1.29, 1.82) is 0 Å². The zero-order valence-electron chi connectivity index (χ0n) is 11.9. The summed E-state index contributed by atoms with van der Waals surface area (Å²) >= 11 is 0. The van der Waals surface area contributed by atoms with Crippen molar-refractivity contribution >= 4 is 0 Å². The molecule has 1 aromatic carbocycles. The molecule has 3 rings (SSSR count). The van der Waals surface area contributed by atoms with Gasteiger partial charge in [-0.3, -0.25) is 0 Å². The van der Waals surface area contributed by atoms with Crippen LogP contribution in [0.15, 0.2) is 28.8 Å². The first kappa shape index (κ1) is 13.1. The van der Waals surface area contributed by atoms with Gasteiger partial charge < -0.3 is 14.4 Å². The monoisotopic (exact) mass is 274 g/mol. The van der Waals surface area contributed by atoms with E-state index in [-0.39, 0.29) is 6.10 Å². The topological polar surface area (TPSA) is 62.2 Å². The molecule has 1 unspecified atom stereocenters. The minimum atomic E-state index is -0.719. The lowest BCUT2D eigenvalue weighted by atomic mass is 10.0. The van der Waals surface area contributed by atoms with Crippen molar-refractivity contribution in [3.05, 3.63) is 41.1 Å². The highest BCUT2D eigenvalue weighted by Gasteiger charge is 2.41. The molecule has 0 amide bonds. The average molecular weight is 274 g/mol. The Morgan fingerprint density at radius 1 is 1.30 bits per heavy atom. The molecule has 0 radical (unpaired) electrons. The molecule has 1 aliphatic heterocycles. The van der Waals surface area contributed by atoms with Crippen LogP contribution in [-0.4, -0.2) is 5.27 Å². The SMILES string of the molecule is Cc1ccc(C2CC[n+]3noc([O-])c3C(C)(C)O2)cc1. The van der Waals surface area contributed by atoms with Gasteiger partial charge in [-0.2, -0.15) is 0 Å². The van der Waals surface area contributed by atoms with Crippen LogP contribution >= 0.6 is 0 Å². The normalized spacial score (nSPS) is 21.2. The van der Waals surface area contributed by atoms with Gasteiger partial charge in [-0.1, -0.05) is 34.5 Å². The van der Waals surface area contributed by atoms with Crippen LogP contribution in [0.2, 0.25) is 0 Å². The maximum absolute atomic E-state index is 11.8. The standard InChI is InChI=1S/C15H18N2O3/c1-10-4-6-11(7-5-10)12-8-9-17-13(14(18)20-16-17)15(2,3)19-12/h4-7,12H,8-9H2,1-3H3. The molecule has 20 heavy (non-hydrogen) atoms. The van der Waals surface area contributed by atoms with Gasteiger partial charge in [-0.05, 0) is 26.3 Å². The first-order chi connectivity index (χ1) is 9.47. The molecule has 2 aromatic rings. The Labute approximate surface area is 117 Å². The molecule has 1 aliphatic rings. The number of fused-ring (bicyclic) bond motifs is 1. The number of aromatic nitrogens is 2. The zero-order chi connectivity index (χ0) is 14.3. The number of ether oxygens (including phenoxy) is 1. The van der Waals surface area contributed by atoms with Gasteiger partial charge >= 0.3 is 0 Å². The Balaban J connectivity index is 1.94. The van der Waals surface area contributed by atoms with E-state index in [1.807, 2.05) is 13.8 Å². The number of hydrogen-bond donors (Lipinski definition) is 0. The molecular weight excluding hydrogens is 256 g/mol. The second-order valence-electron chi connectivity index (χ2n) is 5.75. The van der Waals surface area contributed by atoms with Crippen molar-refractivity contribution in [2.75, 3.05) is 0 Å². The smallest absolute Gasteiger partial charge is 0.264 e. The lowest BCUT2D eigenvalue weighted by Gasteiger charge is -2.25. The summed E-state index contributed by atoms with van der Waals surface area (Å²) in [4.78, 5) is 0. The summed E-state index contributed by atoms with van der Waals surface area (Å²) in [6.45, 7) is 6.43. The highest BCUT2D eigenvalue weighted by Crippen LogP contribution is 2.37. The summed E-state index contributed by atoms with van der Waals surface area (Å²) in [5.74, 6) is -0.417. The Bertz CT molecular complexity index is 617. The first-order valence-corrected chi connectivity index (χ1v) is 6.79. The van der Waals surface area contributed by atoms with Gasteiger partial charge in [0.25, 0.3) is 5.69 Å². The van der Waals surface area contributed by atoms with E-state index >= 15 is 0 Å². The van der Waals surface area contributed by atoms with E-state index in [0.29, 0.717) is 12.2 Å². The number of nitrogens with zero attached hydrogens (tertiary/aromatic N) is 2. The van der Waals surface area contributed by atoms with E-state index in [2.05, 4.69) is 36.5 Å². The molecule has 0 bridgehead atoms. The van der Waals surface area contributed by atoms with Crippen molar-refractivity contribution in [1.82, 2.24) is 5.27 Å². The van der Waals surface area contributed by atoms with Crippen molar-refractivity contribution in [2.24, 2.45) is 0 Å². The Hall–Kier alpha value is -1.88. The molecule has 5 nitrogen and oxygen atoms in total. The first-order valence-electron chi connectivity index (χ1n) is 6.79. The fraction of sp³-hybridized carbons (Fsp3) is 0.467. The summed E-state index contributed by atoms with van der Waals surface area (Å²) in [6, 6.07) is 8.30. The predicted octanol–water partition coefficient (Wildman–Crippen LogP) is 1.74. The second kappa shape index (κ2) is 4.59. The summed E-state index contributed by atoms with van der Waals surface area (Å²) in [5.41, 5.74) is 2.10. The third-order valence-electron chi connectivity index (χ3n) is 3.73. The number of hydrogen-bond acceptors (Lipinski definition) is 4. The molecule has 2 heterocycles. The molecule has 0 saturated heterocycles. The molecule has 1 aromatic heterocycles. The van der Waals surface area contributed by atoms with Crippen LogP contribution in [0.1, 0.15) is 43.2 Å². The van der Waals surface area contributed by atoms with Crippen LogP contribution in [-0.2, 0) is 16.9 Å². The molecule has 5 heteroatoms. The lowest BCUT2D eigenvalue weighted by Crippen LogP contribution is -2.43. The van der Waals surface area contributed by atoms with Crippen LogP contribution in [0.4, 0.5) is 0 Å². The van der Waals surface area contributed by atoms with Gasteiger partial charge in [0.1, 0.15) is 0 Å². The number of rotatable bonds is 1. The van der Waals surface area contributed by atoms with Crippen molar-refractivity contribution < 1.29 is 19.0 Å². The van der Waals surface area contributed by atoms with Crippen molar-refractivity contribution in [2.45, 2.75) is 45.4 Å². The molecule has 106 valence electrons. The molecule has 1 atom stereocenters. The number of aryl methyl sites for hydroxylation is 2. The van der Waals surface area contributed by atoms with E-state index in [9.17, 15) is 5.11 Å². The van der Waals surface area contributed by atoms with E-state index < -0.39 is 11.5 Å². The van der Waals surface area contributed by atoms with Gasteiger partial charge in [0.05, 0.1) is 11.4 Å². The molecule has 0 spiro atoms. The lowest BCUT2D eigenvalue weighted by molar-refractivity contribution is -0.770. The fourth-order valence-electron chi connectivity index (χ4n) is 2.71. The zero-order valence-corrected chi connectivity index (χ0v) is 11.9.